The van der Waals surface area contributed by atoms with Gasteiger partial charge >= 0.3 is 5.97 Å². The highest BCUT2D eigenvalue weighted by Gasteiger charge is 2.39. The molecule has 21 heteroatoms. The number of nitrogens with two attached hydrogens (primary N) is 2. The predicted octanol–water partition coefficient (Wildman–Crippen LogP) is 2.35. The first-order valence-electron chi connectivity index (χ1n) is 24.9. The Morgan fingerprint density at radius 1 is 0.689 bits per heavy atom. The van der Waals surface area contributed by atoms with Crippen LogP contribution in [0.2, 0.25) is 0 Å². The van der Waals surface area contributed by atoms with Crippen molar-refractivity contribution in [1.29, 1.82) is 0 Å². The molecule has 1 saturated heterocycles. The summed E-state index contributed by atoms with van der Waals surface area (Å²) in [6.07, 6.45) is 10.9. The molecule has 0 radical (unpaired) electrons. The second-order valence-electron chi connectivity index (χ2n) is 18.6. The van der Waals surface area contributed by atoms with Crippen molar-refractivity contribution in [2.75, 3.05) is 25.1 Å². The Labute approximate surface area is 432 Å². The summed E-state index contributed by atoms with van der Waals surface area (Å²) >= 11 is 1.47. The summed E-state index contributed by atoms with van der Waals surface area (Å²) in [5.41, 5.74) is 16.0. The number of rotatable bonds is 27. The largest absolute Gasteiger partial charge is 0.480 e. The number of benzene rings is 3. The number of unbranched alkanes of at least 4 members (excludes halogenated alkanes) is 1. The van der Waals surface area contributed by atoms with E-state index < -0.39 is 77.8 Å². The molecule has 0 spiro atoms. The number of hydrogen-bond acceptors (Lipinski definition) is 11. The number of para-hydroxylation sites is 2. The van der Waals surface area contributed by atoms with Crippen LogP contribution in [0.25, 0.3) is 21.8 Å². The number of nitrogens with one attached hydrogen (secondary N) is 8. The number of aromatic amines is 3. The minimum Gasteiger partial charge on any atom is -0.480 e. The van der Waals surface area contributed by atoms with Gasteiger partial charge in [-0.2, -0.15) is 11.8 Å². The SMILES string of the molecule is CSCCC(NC(=O)C1CCCN1C(=O)C(N)CCCCN)C(=O)NC(Cc1c[nH]c2ccccc12)C(=O)NC(Cc1c[nH]c2ccccc12)C(=O)NC(Cc1cnc[nH]1)C(=O)NC(Cc1ccccc1)C(=O)O. The van der Waals surface area contributed by atoms with Crippen LogP contribution < -0.4 is 38.1 Å². The third-order valence-corrected chi connectivity index (χ3v) is 14.0. The first kappa shape index (κ1) is 54.3. The second kappa shape index (κ2) is 26.5. The minimum atomic E-state index is -1.36. The zero-order valence-corrected chi connectivity index (χ0v) is 42.1. The van der Waals surface area contributed by atoms with E-state index in [1.165, 1.54) is 29.2 Å². The molecule has 20 nitrogen and oxygen atoms in total. The zero-order chi connectivity index (χ0) is 52.6. The molecule has 1 aliphatic heterocycles. The number of aromatic nitrogens is 4. The van der Waals surface area contributed by atoms with E-state index in [0.717, 1.165) is 21.8 Å². The molecule has 7 rings (SSSR count). The van der Waals surface area contributed by atoms with Crippen LogP contribution in [0.5, 0.6) is 0 Å². The van der Waals surface area contributed by atoms with Crippen molar-refractivity contribution in [1.82, 2.24) is 51.4 Å². The number of likely N-dealkylation sites (tertiary alicyclic amines) is 1. The molecule has 0 bridgehead atoms. The number of aliphatic carboxylic acids is 1. The number of hydrogen-bond donors (Lipinski definition) is 11. The van der Waals surface area contributed by atoms with Gasteiger partial charge in [0.25, 0.3) is 0 Å². The van der Waals surface area contributed by atoms with E-state index in [1.54, 1.807) is 42.7 Å². The predicted molar refractivity (Wildman–Crippen MR) is 282 cm³/mol. The second-order valence-corrected chi connectivity index (χ2v) is 19.6. The number of carbonyl (C=O) groups is 7. The maximum atomic E-state index is 15.0. The van der Waals surface area contributed by atoms with Gasteiger partial charge in [0.05, 0.1) is 12.4 Å². The molecule has 1 aliphatic rings. The fourth-order valence-corrected chi connectivity index (χ4v) is 9.82. The van der Waals surface area contributed by atoms with Crippen molar-refractivity contribution in [3.05, 3.63) is 126 Å². The van der Waals surface area contributed by atoms with Gasteiger partial charge in [-0.3, -0.25) is 28.8 Å². The van der Waals surface area contributed by atoms with Crippen LogP contribution in [0.4, 0.5) is 0 Å². The number of fused-ring (bicyclic) bond motifs is 2. The highest BCUT2D eigenvalue weighted by atomic mass is 32.2. The van der Waals surface area contributed by atoms with Gasteiger partial charge in [0.15, 0.2) is 0 Å². The van der Waals surface area contributed by atoms with E-state index in [1.807, 2.05) is 54.8 Å². The van der Waals surface area contributed by atoms with E-state index in [4.69, 9.17) is 11.5 Å². The number of imidazole rings is 1. The fourth-order valence-electron chi connectivity index (χ4n) is 9.34. The minimum absolute atomic E-state index is 0.0272. The van der Waals surface area contributed by atoms with Crippen molar-refractivity contribution in [2.45, 2.75) is 107 Å². The van der Waals surface area contributed by atoms with Crippen molar-refractivity contribution >= 4 is 75.0 Å². The normalized spacial score (nSPS) is 15.9. The molecule has 13 N–H and O–H groups in total. The molecule has 6 amide bonds. The van der Waals surface area contributed by atoms with Gasteiger partial charge in [-0.1, -0.05) is 73.2 Å². The maximum Gasteiger partial charge on any atom is 0.326 e. The smallest absolute Gasteiger partial charge is 0.326 e. The number of H-pyrrole nitrogens is 3. The van der Waals surface area contributed by atoms with Crippen LogP contribution >= 0.6 is 11.8 Å². The lowest BCUT2D eigenvalue weighted by Crippen LogP contribution is -2.60. The van der Waals surface area contributed by atoms with Crippen molar-refractivity contribution in [3.8, 4) is 0 Å². The molecule has 392 valence electrons. The average molecular weight is 1030 g/mol. The standard InChI is InChI=1S/C53H66N12O8S/c1-74-23-20-41(60-51(70)46-19-11-22-65(46)52(71)38(55)16-9-10-21-54)47(66)61-42(25-33-28-57-39-17-7-5-14-36(33)39)48(67)62-43(26-34-29-58-40-18-8-6-15-37(34)40)49(68)63-44(27-35-30-56-31-59-35)50(69)64-45(53(72)73)24-32-12-3-2-4-13-32/h2-8,12-15,17-18,28-31,38,41-46,57-58H,9-11,16,19-27,54-55H2,1H3,(H,56,59)(H,60,70)(H,61,66)(H,62,67)(H,63,68)(H,64,69)(H,72,73). The Hall–Kier alpha value is -7.49. The van der Waals surface area contributed by atoms with Crippen LogP contribution in [0.1, 0.15) is 60.9 Å². The fraction of sp³-hybridized carbons (Fsp3) is 0.396. The van der Waals surface area contributed by atoms with Gasteiger partial charge in [0.2, 0.25) is 35.4 Å². The lowest BCUT2D eigenvalue weighted by Gasteiger charge is -2.29. The van der Waals surface area contributed by atoms with E-state index in [0.29, 0.717) is 73.3 Å². The van der Waals surface area contributed by atoms with Gasteiger partial charge in [-0.15, -0.1) is 0 Å². The first-order valence-corrected chi connectivity index (χ1v) is 26.3. The maximum absolute atomic E-state index is 15.0. The molecule has 0 aliphatic carbocycles. The van der Waals surface area contributed by atoms with Gasteiger partial charge < -0.3 is 63.0 Å². The van der Waals surface area contributed by atoms with Gasteiger partial charge in [-0.25, -0.2) is 9.78 Å². The highest BCUT2D eigenvalue weighted by Crippen LogP contribution is 2.23. The average Bonchev–Trinajstić information content (AvgIpc) is 4.25. The molecule has 74 heavy (non-hydrogen) atoms. The van der Waals surface area contributed by atoms with Gasteiger partial charge in [0, 0.05) is 78.3 Å². The van der Waals surface area contributed by atoms with Crippen LogP contribution in [-0.4, -0.2) is 139 Å². The quantitative estimate of drug-likeness (QED) is 0.0332. The summed E-state index contributed by atoms with van der Waals surface area (Å²) in [7, 11) is 0. The number of carboxylic acids is 1. The number of nitrogens with zero attached hydrogens (tertiary/aromatic N) is 2. The van der Waals surface area contributed by atoms with Crippen molar-refractivity contribution < 1.29 is 38.7 Å². The summed E-state index contributed by atoms with van der Waals surface area (Å²) < 4.78 is 0. The summed E-state index contributed by atoms with van der Waals surface area (Å²) in [5, 5.41) is 25.9. The van der Waals surface area contributed by atoms with Crippen LogP contribution in [0.15, 0.2) is 104 Å². The van der Waals surface area contributed by atoms with Gasteiger partial charge in [-0.05, 0) is 79.5 Å². The molecule has 4 heterocycles. The van der Waals surface area contributed by atoms with Crippen LogP contribution in [-0.2, 0) is 59.2 Å². The van der Waals surface area contributed by atoms with Crippen molar-refractivity contribution in [3.63, 3.8) is 0 Å². The molecule has 7 unspecified atom stereocenters. The summed E-state index contributed by atoms with van der Waals surface area (Å²) in [5.74, 6) is -4.60. The summed E-state index contributed by atoms with van der Waals surface area (Å²) in [6.45, 7) is 0.817. The number of thioether (sulfide) groups is 1. The Bertz CT molecular complexity index is 2860. The molecular formula is C53H66N12O8S. The topological polar surface area (TPSA) is 315 Å². The van der Waals surface area contributed by atoms with E-state index in [-0.39, 0.29) is 38.0 Å². The Morgan fingerprint density at radius 2 is 1.24 bits per heavy atom. The number of amides is 6. The Balaban J connectivity index is 1.16. The molecule has 6 aromatic rings. The van der Waals surface area contributed by atoms with Crippen molar-refractivity contribution in [2.24, 2.45) is 11.5 Å². The van der Waals surface area contributed by atoms with E-state index >= 15 is 4.79 Å². The van der Waals surface area contributed by atoms with E-state index in [9.17, 15) is 33.9 Å². The first-order chi connectivity index (χ1) is 35.8. The van der Waals surface area contributed by atoms with Crippen LogP contribution in [0.3, 0.4) is 0 Å². The third-order valence-electron chi connectivity index (χ3n) is 13.3. The molecule has 3 aromatic carbocycles. The highest BCUT2D eigenvalue weighted by molar-refractivity contribution is 7.98. The molecule has 7 atom stereocenters. The molecule has 0 saturated carbocycles. The zero-order valence-electron chi connectivity index (χ0n) is 41.3. The molecule has 1 fully saturated rings. The summed E-state index contributed by atoms with van der Waals surface area (Å²) in [4.78, 5) is 114. The Morgan fingerprint density at radius 3 is 1.80 bits per heavy atom. The number of carbonyl (C=O) groups excluding carboxylic acids is 6. The summed E-state index contributed by atoms with van der Waals surface area (Å²) in [6, 6.07) is 15.6. The monoisotopic (exact) mass is 1030 g/mol. The lowest BCUT2D eigenvalue weighted by atomic mass is 10.0. The van der Waals surface area contributed by atoms with Gasteiger partial charge in [0.1, 0.15) is 36.3 Å². The third kappa shape index (κ3) is 14.4. The number of carboxylic acid groups (broad SMARTS) is 1. The molecule has 3 aromatic heterocycles. The van der Waals surface area contributed by atoms with Crippen LogP contribution in [0, 0.1) is 0 Å². The lowest BCUT2D eigenvalue weighted by molar-refractivity contribution is -0.142. The Kier molecular flexibility index (Phi) is 19.4. The van der Waals surface area contributed by atoms with E-state index in [2.05, 4.69) is 46.5 Å². The molecular weight excluding hydrogens is 965 g/mol.